The summed E-state index contributed by atoms with van der Waals surface area (Å²) in [5, 5.41) is 0.942. The zero-order valence-electron chi connectivity index (χ0n) is 9.85. The van der Waals surface area contributed by atoms with E-state index in [-0.39, 0.29) is 5.43 Å². The van der Waals surface area contributed by atoms with Crippen molar-refractivity contribution >= 4 is 11.0 Å². The summed E-state index contributed by atoms with van der Waals surface area (Å²) in [7, 11) is 0. The Labute approximate surface area is 105 Å². The zero-order valence-corrected chi connectivity index (χ0v) is 9.85. The standard InChI is InChI=1S/C16H12O2/c1-2-5-11-8-9-14(17)13-10-12-6-3-4-7-15(12)18-16(11)13/h2-4,6-10H,1,5H2. The van der Waals surface area contributed by atoms with Gasteiger partial charge in [0.05, 0.1) is 5.56 Å². The Morgan fingerprint density at radius 2 is 2.00 bits per heavy atom. The Morgan fingerprint density at radius 1 is 1.17 bits per heavy atom. The fraction of sp³-hybridized carbons (Fsp3) is 0.0625. The second kappa shape index (κ2) is 4.15. The van der Waals surface area contributed by atoms with E-state index in [1.54, 1.807) is 6.07 Å². The minimum atomic E-state index is -0.00712. The Balaban J connectivity index is 2.43. The molecular weight excluding hydrogens is 224 g/mol. The van der Waals surface area contributed by atoms with E-state index >= 15 is 0 Å². The van der Waals surface area contributed by atoms with Crippen LogP contribution in [0.4, 0.5) is 0 Å². The van der Waals surface area contributed by atoms with E-state index in [0.717, 1.165) is 16.5 Å². The van der Waals surface area contributed by atoms with Crippen molar-refractivity contribution in [2.75, 3.05) is 0 Å². The molecule has 1 heterocycles. The molecule has 0 saturated heterocycles. The maximum Gasteiger partial charge on any atom is 0.189 e. The predicted octanol–water partition coefficient (Wildman–Crippen LogP) is 3.63. The van der Waals surface area contributed by atoms with Crippen LogP contribution in [0.15, 0.2) is 64.3 Å². The Hall–Kier alpha value is -2.35. The van der Waals surface area contributed by atoms with Gasteiger partial charge in [-0.1, -0.05) is 30.3 Å². The molecule has 1 aromatic carbocycles. The lowest BCUT2D eigenvalue weighted by Gasteiger charge is -2.10. The van der Waals surface area contributed by atoms with Crippen LogP contribution in [0.5, 0.6) is 0 Å². The molecule has 1 aromatic rings. The molecule has 0 atom stereocenters. The van der Waals surface area contributed by atoms with Crippen LogP contribution in [0.3, 0.4) is 0 Å². The molecule has 2 aliphatic rings. The van der Waals surface area contributed by atoms with Crippen molar-refractivity contribution in [3.8, 4) is 11.3 Å². The molecule has 0 fully saturated rings. The van der Waals surface area contributed by atoms with Crippen molar-refractivity contribution in [2.45, 2.75) is 6.42 Å². The van der Waals surface area contributed by atoms with Crippen LogP contribution in [0.2, 0.25) is 0 Å². The summed E-state index contributed by atoms with van der Waals surface area (Å²) < 4.78 is 5.86. The predicted molar refractivity (Wildman–Crippen MR) is 73.0 cm³/mol. The van der Waals surface area contributed by atoms with Gasteiger partial charge in [0, 0.05) is 5.39 Å². The van der Waals surface area contributed by atoms with Gasteiger partial charge in [-0.25, -0.2) is 0 Å². The van der Waals surface area contributed by atoms with Crippen LogP contribution in [0, 0.1) is 0 Å². The zero-order chi connectivity index (χ0) is 12.5. The van der Waals surface area contributed by atoms with Crippen molar-refractivity contribution < 1.29 is 4.42 Å². The van der Waals surface area contributed by atoms with Gasteiger partial charge in [0.1, 0.15) is 11.3 Å². The smallest absolute Gasteiger partial charge is 0.189 e. The van der Waals surface area contributed by atoms with Crippen LogP contribution in [-0.4, -0.2) is 0 Å². The van der Waals surface area contributed by atoms with Crippen LogP contribution in [-0.2, 0) is 6.42 Å². The number of fused-ring (bicyclic) bond motifs is 2. The average Bonchev–Trinajstić information content (AvgIpc) is 2.41. The molecule has 0 N–H and O–H groups in total. The van der Waals surface area contributed by atoms with E-state index in [1.165, 1.54) is 0 Å². The molecule has 1 aliphatic carbocycles. The molecular formula is C16H12O2. The van der Waals surface area contributed by atoms with Crippen molar-refractivity contribution in [1.29, 1.82) is 0 Å². The normalized spacial score (nSPS) is 10.9. The molecule has 0 spiro atoms. The highest BCUT2D eigenvalue weighted by Gasteiger charge is 2.14. The molecule has 1 aliphatic heterocycles. The van der Waals surface area contributed by atoms with E-state index in [9.17, 15) is 4.79 Å². The Bertz CT molecular complexity index is 753. The fourth-order valence-electron chi connectivity index (χ4n) is 2.16. The highest BCUT2D eigenvalue weighted by atomic mass is 16.3. The third kappa shape index (κ3) is 1.63. The molecule has 0 amide bonds. The fourth-order valence-corrected chi connectivity index (χ4v) is 2.16. The van der Waals surface area contributed by atoms with E-state index < -0.39 is 0 Å². The Morgan fingerprint density at radius 3 is 2.83 bits per heavy atom. The molecule has 2 heteroatoms. The highest BCUT2D eigenvalue weighted by molar-refractivity contribution is 5.83. The van der Waals surface area contributed by atoms with Crippen molar-refractivity contribution in [3.63, 3.8) is 0 Å². The molecule has 18 heavy (non-hydrogen) atoms. The molecule has 2 nitrogen and oxygen atoms in total. The highest BCUT2D eigenvalue weighted by Crippen LogP contribution is 2.28. The summed E-state index contributed by atoms with van der Waals surface area (Å²) in [6, 6.07) is 13.0. The van der Waals surface area contributed by atoms with E-state index in [2.05, 4.69) is 6.58 Å². The summed E-state index contributed by atoms with van der Waals surface area (Å²) in [5.41, 5.74) is 2.41. The number of para-hydroxylation sites is 1. The van der Waals surface area contributed by atoms with Crippen molar-refractivity contribution in [1.82, 2.24) is 0 Å². The van der Waals surface area contributed by atoms with Gasteiger partial charge in [0.2, 0.25) is 0 Å². The lowest BCUT2D eigenvalue weighted by atomic mass is 10.0. The minimum Gasteiger partial charge on any atom is -0.456 e. The van der Waals surface area contributed by atoms with E-state index in [4.69, 9.17) is 4.42 Å². The van der Waals surface area contributed by atoms with Gasteiger partial charge in [0.25, 0.3) is 0 Å². The number of allylic oxidation sites excluding steroid dienone is 1. The molecule has 0 radical (unpaired) electrons. The first-order chi connectivity index (χ1) is 8.79. The lowest BCUT2D eigenvalue weighted by Crippen LogP contribution is -2.06. The van der Waals surface area contributed by atoms with Crippen molar-refractivity contribution in [3.05, 3.63) is 70.9 Å². The summed E-state index contributed by atoms with van der Waals surface area (Å²) in [6.45, 7) is 3.73. The maximum absolute atomic E-state index is 11.9. The Kier molecular flexibility index (Phi) is 2.49. The van der Waals surface area contributed by atoms with Crippen LogP contribution in [0.1, 0.15) is 5.56 Å². The largest absolute Gasteiger partial charge is 0.456 e. The van der Waals surface area contributed by atoms with Crippen molar-refractivity contribution in [2.24, 2.45) is 0 Å². The number of rotatable bonds is 2. The summed E-state index contributed by atoms with van der Waals surface area (Å²) in [6.07, 6.45) is 2.50. The number of benzene rings is 2. The monoisotopic (exact) mass is 236 g/mol. The first-order valence-electron chi connectivity index (χ1n) is 5.85. The maximum atomic E-state index is 11.9. The van der Waals surface area contributed by atoms with Crippen LogP contribution < -0.4 is 5.43 Å². The quantitative estimate of drug-likeness (QED) is 0.502. The summed E-state index contributed by atoms with van der Waals surface area (Å²) in [5.74, 6) is 0.668. The first kappa shape index (κ1) is 10.8. The third-order valence-corrected chi connectivity index (χ3v) is 3.03. The molecule has 0 bridgehead atoms. The third-order valence-electron chi connectivity index (χ3n) is 3.03. The van der Waals surface area contributed by atoms with Gasteiger partial charge < -0.3 is 4.42 Å². The van der Waals surface area contributed by atoms with Crippen LogP contribution >= 0.6 is 0 Å². The molecule has 0 aromatic heterocycles. The molecule has 0 saturated carbocycles. The topological polar surface area (TPSA) is 30.2 Å². The molecule has 0 unspecified atom stereocenters. The van der Waals surface area contributed by atoms with Gasteiger partial charge >= 0.3 is 0 Å². The summed E-state index contributed by atoms with van der Waals surface area (Å²) in [4.78, 5) is 11.9. The SMILES string of the molecule is C=CCc1ccc(=O)c2cc3ccccc3oc1-2. The lowest BCUT2D eigenvalue weighted by molar-refractivity contribution is 0.613. The second-order valence-corrected chi connectivity index (χ2v) is 4.24. The van der Waals surface area contributed by atoms with Gasteiger partial charge in [-0.15, -0.1) is 6.58 Å². The van der Waals surface area contributed by atoms with Crippen LogP contribution in [0.25, 0.3) is 22.3 Å². The van der Waals surface area contributed by atoms with E-state index in [1.807, 2.05) is 42.5 Å². The minimum absolute atomic E-state index is 0.00712. The molecule has 3 rings (SSSR count). The first-order valence-corrected chi connectivity index (χ1v) is 5.85. The van der Waals surface area contributed by atoms with Gasteiger partial charge in [-0.2, -0.15) is 0 Å². The van der Waals surface area contributed by atoms with Gasteiger partial charge in [-0.3, -0.25) is 4.79 Å². The van der Waals surface area contributed by atoms with Gasteiger partial charge in [-0.05, 0) is 30.2 Å². The van der Waals surface area contributed by atoms with Gasteiger partial charge in [0.15, 0.2) is 5.43 Å². The molecule has 88 valence electrons. The second-order valence-electron chi connectivity index (χ2n) is 4.24. The van der Waals surface area contributed by atoms with E-state index in [0.29, 0.717) is 17.7 Å². The number of hydrogen-bond acceptors (Lipinski definition) is 2. The summed E-state index contributed by atoms with van der Waals surface area (Å²) >= 11 is 0. The number of hydrogen-bond donors (Lipinski definition) is 0. The average molecular weight is 236 g/mol.